The number of aromatic nitrogens is 2. The van der Waals surface area contributed by atoms with Crippen molar-refractivity contribution >= 4 is 5.96 Å². The Morgan fingerprint density at radius 1 is 1.55 bits per heavy atom. The predicted molar refractivity (Wildman–Crippen MR) is 89.1 cm³/mol. The van der Waals surface area contributed by atoms with Crippen LogP contribution in [0.25, 0.3) is 0 Å². The van der Waals surface area contributed by atoms with Crippen LogP contribution < -0.4 is 5.32 Å². The van der Waals surface area contributed by atoms with Gasteiger partial charge in [-0.15, -0.1) is 0 Å². The summed E-state index contributed by atoms with van der Waals surface area (Å²) in [5.74, 6) is 1.77. The van der Waals surface area contributed by atoms with E-state index in [-0.39, 0.29) is 0 Å². The summed E-state index contributed by atoms with van der Waals surface area (Å²) in [6, 6.07) is 0. The van der Waals surface area contributed by atoms with E-state index >= 15 is 0 Å². The summed E-state index contributed by atoms with van der Waals surface area (Å²) in [5, 5.41) is 7.52. The molecule has 0 bridgehead atoms. The Morgan fingerprint density at radius 2 is 2.36 bits per heavy atom. The molecule has 1 aromatic heterocycles. The van der Waals surface area contributed by atoms with E-state index < -0.39 is 0 Å². The molecule has 1 fully saturated rings. The van der Waals surface area contributed by atoms with E-state index in [1.165, 1.54) is 18.4 Å². The van der Waals surface area contributed by atoms with Gasteiger partial charge in [-0.25, -0.2) is 0 Å². The number of aliphatic imine (C=N–C) groups is 1. The van der Waals surface area contributed by atoms with E-state index in [9.17, 15) is 0 Å². The van der Waals surface area contributed by atoms with Gasteiger partial charge in [0.2, 0.25) is 0 Å². The first-order valence-corrected chi connectivity index (χ1v) is 8.23. The minimum Gasteiger partial charge on any atom is -0.379 e. The lowest BCUT2D eigenvalue weighted by molar-refractivity contribution is 0.115. The fourth-order valence-corrected chi connectivity index (χ4v) is 2.20. The Bertz CT molecular complexity index is 467. The van der Waals surface area contributed by atoms with Crippen LogP contribution in [0.3, 0.4) is 0 Å². The van der Waals surface area contributed by atoms with Crippen molar-refractivity contribution < 1.29 is 4.74 Å². The van der Waals surface area contributed by atoms with Gasteiger partial charge in [0.15, 0.2) is 5.96 Å². The second kappa shape index (κ2) is 8.78. The number of hydrogen-bond donors (Lipinski definition) is 1. The van der Waals surface area contributed by atoms with Gasteiger partial charge in [-0.05, 0) is 37.7 Å². The van der Waals surface area contributed by atoms with Crippen molar-refractivity contribution in [2.45, 2.75) is 26.2 Å². The topological polar surface area (TPSA) is 54.7 Å². The monoisotopic (exact) mass is 307 g/mol. The Labute approximate surface area is 133 Å². The molecular formula is C16H29N5O. The molecule has 0 radical (unpaired) electrons. The molecule has 22 heavy (non-hydrogen) atoms. The maximum atomic E-state index is 5.70. The third-order valence-electron chi connectivity index (χ3n) is 3.74. The second-order valence-corrected chi connectivity index (χ2v) is 5.95. The van der Waals surface area contributed by atoms with Crippen molar-refractivity contribution in [2.75, 3.05) is 39.9 Å². The molecule has 0 unspecified atom stereocenters. The molecule has 0 aromatic carbocycles. The third kappa shape index (κ3) is 6.05. The maximum Gasteiger partial charge on any atom is 0.193 e. The molecule has 124 valence electrons. The molecule has 0 atom stereocenters. The van der Waals surface area contributed by atoms with E-state index in [0.29, 0.717) is 0 Å². The van der Waals surface area contributed by atoms with Gasteiger partial charge in [0.05, 0.1) is 12.8 Å². The smallest absolute Gasteiger partial charge is 0.193 e. The van der Waals surface area contributed by atoms with Crippen molar-refractivity contribution in [2.24, 2.45) is 18.0 Å². The zero-order valence-corrected chi connectivity index (χ0v) is 14.1. The van der Waals surface area contributed by atoms with E-state index in [1.807, 2.05) is 24.1 Å². The van der Waals surface area contributed by atoms with Crippen molar-refractivity contribution in [3.8, 4) is 0 Å². The van der Waals surface area contributed by atoms with Crippen LogP contribution in [-0.2, 0) is 18.2 Å². The van der Waals surface area contributed by atoms with Crippen LogP contribution in [0, 0.1) is 5.92 Å². The summed E-state index contributed by atoms with van der Waals surface area (Å²) >= 11 is 0. The minimum atomic E-state index is 0.764. The summed E-state index contributed by atoms with van der Waals surface area (Å²) < 4.78 is 7.52. The number of guanidine groups is 1. The number of ether oxygens (including phenoxy) is 1. The minimum absolute atomic E-state index is 0.764. The average molecular weight is 307 g/mol. The van der Waals surface area contributed by atoms with Crippen LogP contribution >= 0.6 is 0 Å². The molecule has 0 spiro atoms. The molecule has 2 rings (SSSR count). The van der Waals surface area contributed by atoms with Crippen LogP contribution in [0.1, 0.15) is 25.3 Å². The SMILES string of the molecule is CCNC(=NCCc1cnn(C)c1)N(C)CCOCC1CC1. The van der Waals surface area contributed by atoms with Gasteiger partial charge in [0.25, 0.3) is 0 Å². The fourth-order valence-electron chi connectivity index (χ4n) is 2.20. The van der Waals surface area contributed by atoms with E-state index in [0.717, 1.165) is 51.1 Å². The standard InChI is InChI=1S/C16H29N5O/c1-4-17-16(18-8-7-15-11-19-21(3)12-15)20(2)9-10-22-13-14-5-6-14/h11-12,14H,4-10,13H2,1-3H3,(H,17,18). The lowest BCUT2D eigenvalue weighted by Crippen LogP contribution is -2.40. The summed E-state index contributed by atoms with van der Waals surface area (Å²) in [7, 11) is 4.00. The molecular weight excluding hydrogens is 278 g/mol. The van der Waals surface area contributed by atoms with Gasteiger partial charge in [-0.1, -0.05) is 0 Å². The molecule has 0 saturated heterocycles. The van der Waals surface area contributed by atoms with Crippen molar-refractivity contribution in [1.29, 1.82) is 0 Å². The van der Waals surface area contributed by atoms with E-state index in [2.05, 4.69) is 34.3 Å². The van der Waals surface area contributed by atoms with Crippen LogP contribution in [0.2, 0.25) is 0 Å². The van der Waals surface area contributed by atoms with Gasteiger partial charge in [-0.3, -0.25) is 9.67 Å². The average Bonchev–Trinajstić information content (AvgIpc) is 3.24. The molecule has 0 aliphatic heterocycles. The number of hydrogen-bond acceptors (Lipinski definition) is 3. The number of nitrogens with zero attached hydrogens (tertiary/aromatic N) is 4. The fraction of sp³-hybridized carbons (Fsp3) is 0.750. The Balaban J connectivity index is 1.71. The summed E-state index contributed by atoms with van der Waals surface area (Å²) in [6.07, 6.45) is 7.53. The molecule has 1 N–H and O–H groups in total. The summed E-state index contributed by atoms with van der Waals surface area (Å²) in [5.41, 5.74) is 1.22. The largest absolute Gasteiger partial charge is 0.379 e. The first-order valence-electron chi connectivity index (χ1n) is 8.23. The summed E-state index contributed by atoms with van der Waals surface area (Å²) in [4.78, 5) is 6.82. The zero-order chi connectivity index (χ0) is 15.8. The Hall–Kier alpha value is -1.56. The molecule has 1 saturated carbocycles. The van der Waals surface area contributed by atoms with Crippen LogP contribution in [0.15, 0.2) is 17.4 Å². The van der Waals surface area contributed by atoms with Gasteiger partial charge >= 0.3 is 0 Å². The molecule has 1 heterocycles. The molecule has 6 nitrogen and oxygen atoms in total. The first kappa shape index (κ1) is 16.8. The third-order valence-corrected chi connectivity index (χ3v) is 3.74. The zero-order valence-electron chi connectivity index (χ0n) is 14.1. The van der Waals surface area contributed by atoms with E-state index in [1.54, 1.807) is 0 Å². The highest BCUT2D eigenvalue weighted by atomic mass is 16.5. The Kier molecular flexibility index (Phi) is 6.71. The number of nitrogens with one attached hydrogen (secondary N) is 1. The van der Waals surface area contributed by atoms with Crippen molar-refractivity contribution in [3.05, 3.63) is 18.0 Å². The van der Waals surface area contributed by atoms with Gasteiger partial charge < -0.3 is 15.0 Å². The number of likely N-dealkylation sites (N-methyl/N-ethyl adjacent to an activating group) is 1. The number of aryl methyl sites for hydroxylation is 1. The molecule has 1 aliphatic rings. The predicted octanol–water partition coefficient (Wildman–Crippen LogP) is 1.29. The van der Waals surface area contributed by atoms with Gasteiger partial charge in [0.1, 0.15) is 0 Å². The maximum absolute atomic E-state index is 5.70. The van der Waals surface area contributed by atoms with Crippen LogP contribution in [0.4, 0.5) is 0 Å². The second-order valence-electron chi connectivity index (χ2n) is 5.95. The van der Waals surface area contributed by atoms with Crippen LogP contribution in [0.5, 0.6) is 0 Å². The molecule has 1 aromatic rings. The Morgan fingerprint density at radius 3 is 3.00 bits per heavy atom. The van der Waals surface area contributed by atoms with Crippen molar-refractivity contribution in [3.63, 3.8) is 0 Å². The van der Waals surface area contributed by atoms with Gasteiger partial charge in [-0.2, -0.15) is 5.10 Å². The lowest BCUT2D eigenvalue weighted by Gasteiger charge is -2.22. The highest BCUT2D eigenvalue weighted by molar-refractivity contribution is 5.79. The van der Waals surface area contributed by atoms with Crippen LogP contribution in [-0.4, -0.2) is 60.5 Å². The molecule has 0 amide bonds. The van der Waals surface area contributed by atoms with Crippen molar-refractivity contribution in [1.82, 2.24) is 20.0 Å². The van der Waals surface area contributed by atoms with E-state index in [4.69, 9.17) is 4.74 Å². The normalized spacial score (nSPS) is 15.1. The quantitative estimate of drug-likeness (QED) is 0.424. The number of rotatable bonds is 9. The molecule has 6 heteroatoms. The highest BCUT2D eigenvalue weighted by Gasteiger charge is 2.21. The summed E-state index contributed by atoms with van der Waals surface area (Å²) in [6.45, 7) is 6.28. The highest BCUT2D eigenvalue weighted by Crippen LogP contribution is 2.28. The van der Waals surface area contributed by atoms with Gasteiger partial charge in [0, 0.05) is 46.5 Å². The molecule has 1 aliphatic carbocycles. The lowest BCUT2D eigenvalue weighted by atomic mass is 10.3. The first-order chi connectivity index (χ1) is 10.7.